The Kier molecular flexibility index (Phi) is 4.06. The lowest BCUT2D eigenvalue weighted by Gasteiger charge is -2.24. The zero-order valence-corrected chi connectivity index (χ0v) is 11.6. The molecule has 0 unspecified atom stereocenters. The Morgan fingerprint density at radius 1 is 1.40 bits per heavy atom. The van der Waals surface area contributed by atoms with Crippen LogP contribution in [0.3, 0.4) is 0 Å². The molecule has 0 amide bonds. The number of carbonyl (C=O) groups excluding carboxylic acids is 1. The Morgan fingerprint density at radius 3 is 2.80 bits per heavy atom. The van der Waals surface area contributed by atoms with Gasteiger partial charge in [0.05, 0.1) is 11.8 Å². The van der Waals surface area contributed by atoms with Crippen molar-refractivity contribution in [3.8, 4) is 6.07 Å². The van der Waals surface area contributed by atoms with Crippen molar-refractivity contribution in [2.24, 2.45) is 5.14 Å². The molecule has 3 N–H and O–H groups in total. The predicted octanol–water partition coefficient (Wildman–Crippen LogP) is 1.20. The van der Waals surface area contributed by atoms with E-state index in [0.29, 0.717) is 31.4 Å². The minimum atomic E-state index is -3.80. The molecule has 7 heteroatoms. The summed E-state index contributed by atoms with van der Waals surface area (Å²) in [5.74, 6) is -0.123. The van der Waals surface area contributed by atoms with Crippen molar-refractivity contribution in [1.82, 2.24) is 0 Å². The molecule has 1 aliphatic rings. The lowest BCUT2D eigenvalue weighted by atomic mass is 9.79. The van der Waals surface area contributed by atoms with Crippen LogP contribution in [0.25, 0.3) is 0 Å². The molecular formula is C13H15N3O3S. The van der Waals surface area contributed by atoms with Crippen LogP contribution >= 0.6 is 0 Å². The molecule has 20 heavy (non-hydrogen) atoms. The van der Waals surface area contributed by atoms with Gasteiger partial charge in [-0.3, -0.25) is 9.52 Å². The van der Waals surface area contributed by atoms with Crippen LogP contribution in [0.2, 0.25) is 0 Å². The standard InChI is InChI=1S/C13H15N3O3S/c14-7-1-2-12-11-5-4-10(16-20(15,18)19)8-9(11)3-6-13(12)17/h4-5,8,12,16H,1-3,6H2,(H2,15,18,19)/t12-/m1/s1. The fraction of sp³-hybridized carbons (Fsp3) is 0.385. The number of rotatable bonds is 4. The first-order valence-corrected chi connectivity index (χ1v) is 7.78. The molecule has 0 saturated carbocycles. The molecule has 0 spiro atoms. The number of nitriles is 1. The zero-order chi connectivity index (χ0) is 14.8. The van der Waals surface area contributed by atoms with E-state index in [0.717, 1.165) is 11.1 Å². The molecule has 0 saturated heterocycles. The third-order valence-corrected chi connectivity index (χ3v) is 3.87. The molecule has 1 aromatic rings. The van der Waals surface area contributed by atoms with Crippen LogP contribution in [0.5, 0.6) is 0 Å². The van der Waals surface area contributed by atoms with Crippen LogP contribution in [0, 0.1) is 11.3 Å². The van der Waals surface area contributed by atoms with Gasteiger partial charge in [0.15, 0.2) is 0 Å². The number of ketones is 1. The maximum absolute atomic E-state index is 11.9. The predicted molar refractivity (Wildman–Crippen MR) is 74.1 cm³/mol. The summed E-state index contributed by atoms with van der Waals surface area (Å²) in [7, 11) is -3.80. The van der Waals surface area contributed by atoms with Crippen molar-refractivity contribution in [3.05, 3.63) is 29.3 Å². The van der Waals surface area contributed by atoms with Crippen LogP contribution < -0.4 is 9.86 Å². The quantitative estimate of drug-likeness (QED) is 0.868. The SMILES string of the molecule is N#CCC[C@H]1C(=O)CCc2cc(NS(N)(=O)=O)ccc21. The van der Waals surface area contributed by atoms with Crippen LogP contribution in [0.15, 0.2) is 18.2 Å². The van der Waals surface area contributed by atoms with Gasteiger partial charge in [-0.2, -0.15) is 13.7 Å². The molecule has 0 fully saturated rings. The summed E-state index contributed by atoms with van der Waals surface area (Å²) in [4.78, 5) is 11.9. The van der Waals surface area contributed by atoms with Gasteiger partial charge < -0.3 is 0 Å². The lowest BCUT2D eigenvalue weighted by molar-refractivity contribution is -0.121. The zero-order valence-electron chi connectivity index (χ0n) is 10.8. The average Bonchev–Trinajstić information content (AvgIpc) is 2.36. The highest BCUT2D eigenvalue weighted by Crippen LogP contribution is 2.33. The fourth-order valence-electron chi connectivity index (χ4n) is 2.52. The Labute approximate surface area is 117 Å². The van der Waals surface area contributed by atoms with Gasteiger partial charge in [-0.25, -0.2) is 5.14 Å². The van der Waals surface area contributed by atoms with Gasteiger partial charge in [-0.05, 0) is 36.1 Å². The van der Waals surface area contributed by atoms with E-state index in [1.54, 1.807) is 18.2 Å². The summed E-state index contributed by atoms with van der Waals surface area (Å²) < 4.78 is 24.2. The molecule has 1 aromatic carbocycles. The molecule has 0 heterocycles. The maximum Gasteiger partial charge on any atom is 0.296 e. The molecule has 0 aliphatic heterocycles. The number of nitrogens with two attached hydrogens (primary N) is 1. The number of fused-ring (bicyclic) bond motifs is 1. The highest BCUT2D eigenvalue weighted by atomic mass is 32.2. The number of nitrogens with zero attached hydrogens (tertiary/aromatic N) is 1. The third kappa shape index (κ3) is 3.35. The van der Waals surface area contributed by atoms with Crippen molar-refractivity contribution in [3.63, 3.8) is 0 Å². The second-order valence-electron chi connectivity index (χ2n) is 4.78. The summed E-state index contributed by atoms with van der Waals surface area (Å²) >= 11 is 0. The van der Waals surface area contributed by atoms with Gasteiger partial charge in [0.1, 0.15) is 5.78 Å². The molecule has 6 nitrogen and oxygen atoms in total. The normalized spacial score (nSPS) is 18.2. The highest BCUT2D eigenvalue weighted by molar-refractivity contribution is 7.90. The number of hydrogen-bond acceptors (Lipinski definition) is 4. The second-order valence-corrected chi connectivity index (χ2v) is 6.07. The fourth-order valence-corrected chi connectivity index (χ4v) is 2.98. The first-order valence-electron chi connectivity index (χ1n) is 6.24. The van der Waals surface area contributed by atoms with Crippen molar-refractivity contribution in [2.45, 2.75) is 31.6 Å². The second kappa shape index (κ2) is 5.61. The molecule has 1 atom stereocenters. The first-order chi connectivity index (χ1) is 9.40. The summed E-state index contributed by atoms with van der Waals surface area (Å²) in [6, 6.07) is 7.07. The van der Waals surface area contributed by atoms with Gasteiger partial charge in [0, 0.05) is 18.8 Å². The third-order valence-electron chi connectivity index (χ3n) is 3.35. The number of hydrogen-bond donors (Lipinski definition) is 2. The molecular weight excluding hydrogens is 278 g/mol. The summed E-state index contributed by atoms with van der Waals surface area (Å²) in [5, 5.41) is 13.6. The van der Waals surface area contributed by atoms with Gasteiger partial charge in [0.25, 0.3) is 10.2 Å². The molecule has 2 rings (SSSR count). The molecule has 0 bridgehead atoms. The number of nitrogens with one attached hydrogen (secondary N) is 1. The van der Waals surface area contributed by atoms with E-state index in [2.05, 4.69) is 4.72 Å². The van der Waals surface area contributed by atoms with E-state index in [1.807, 2.05) is 6.07 Å². The van der Waals surface area contributed by atoms with Gasteiger partial charge >= 0.3 is 0 Å². The van der Waals surface area contributed by atoms with Crippen molar-refractivity contribution < 1.29 is 13.2 Å². The first kappa shape index (κ1) is 14.5. The lowest BCUT2D eigenvalue weighted by Crippen LogP contribution is -2.23. The van der Waals surface area contributed by atoms with Gasteiger partial charge in [-0.1, -0.05) is 6.07 Å². The van der Waals surface area contributed by atoms with Crippen molar-refractivity contribution >= 4 is 21.7 Å². The number of anilines is 1. The van der Waals surface area contributed by atoms with E-state index in [4.69, 9.17) is 10.4 Å². The Morgan fingerprint density at radius 2 is 2.15 bits per heavy atom. The average molecular weight is 293 g/mol. The Bertz CT molecular complexity index is 677. The molecule has 0 radical (unpaired) electrons. The number of aryl methyl sites for hydroxylation is 1. The van der Waals surface area contributed by atoms with Crippen LogP contribution in [0.1, 0.15) is 36.3 Å². The Hall–Kier alpha value is -1.91. The van der Waals surface area contributed by atoms with Gasteiger partial charge in [-0.15, -0.1) is 0 Å². The van der Waals surface area contributed by atoms with E-state index >= 15 is 0 Å². The number of carbonyl (C=O) groups is 1. The smallest absolute Gasteiger partial charge is 0.296 e. The monoisotopic (exact) mass is 293 g/mol. The van der Waals surface area contributed by atoms with Crippen LogP contribution in [-0.4, -0.2) is 14.2 Å². The highest BCUT2D eigenvalue weighted by Gasteiger charge is 2.27. The topological polar surface area (TPSA) is 113 Å². The Balaban J connectivity index is 2.31. The van der Waals surface area contributed by atoms with Crippen molar-refractivity contribution in [1.29, 1.82) is 5.26 Å². The van der Waals surface area contributed by atoms with E-state index in [9.17, 15) is 13.2 Å². The molecule has 1 aliphatic carbocycles. The molecule has 106 valence electrons. The molecule has 0 aromatic heterocycles. The number of Topliss-reactive ketones (excluding diaryl/α,β-unsaturated/α-hetero) is 1. The minimum absolute atomic E-state index is 0.139. The van der Waals surface area contributed by atoms with Crippen LogP contribution in [-0.2, 0) is 21.4 Å². The van der Waals surface area contributed by atoms with E-state index in [-0.39, 0.29) is 11.7 Å². The van der Waals surface area contributed by atoms with Crippen LogP contribution in [0.4, 0.5) is 5.69 Å². The summed E-state index contributed by atoms with van der Waals surface area (Å²) in [5.41, 5.74) is 2.21. The largest absolute Gasteiger partial charge is 0.299 e. The van der Waals surface area contributed by atoms with Crippen molar-refractivity contribution in [2.75, 3.05) is 4.72 Å². The van der Waals surface area contributed by atoms with Gasteiger partial charge in [0.2, 0.25) is 0 Å². The van der Waals surface area contributed by atoms with E-state index < -0.39 is 10.2 Å². The summed E-state index contributed by atoms with van der Waals surface area (Å²) in [6.07, 6.45) is 1.83. The summed E-state index contributed by atoms with van der Waals surface area (Å²) in [6.45, 7) is 0. The minimum Gasteiger partial charge on any atom is -0.299 e. The number of benzene rings is 1. The maximum atomic E-state index is 11.9. The van der Waals surface area contributed by atoms with E-state index in [1.165, 1.54) is 0 Å².